The van der Waals surface area contributed by atoms with E-state index in [1.807, 2.05) is 42.5 Å². The molecule has 29 heavy (non-hydrogen) atoms. The summed E-state index contributed by atoms with van der Waals surface area (Å²) in [5.74, 6) is -0.412. The second kappa shape index (κ2) is 9.82. The first kappa shape index (κ1) is 21.2. The number of hydrogen-bond donors (Lipinski definition) is 0. The van der Waals surface area contributed by atoms with Gasteiger partial charge in [-0.25, -0.2) is 0 Å². The van der Waals surface area contributed by atoms with Crippen molar-refractivity contribution in [3.63, 3.8) is 0 Å². The zero-order chi connectivity index (χ0) is 20.8. The first-order valence-electron chi connectivity index (χ1n) is 9.20. The number of hydrogen-bond acceptors (Lipinski definition) is 2. The molecule has 0 aromatic heterocycles. The molecule has 0 N–H and O–H groups in total. The molecular weight excluding hydrogens is 488 g/mol. The Kier molecular flexibility index (Phi) is 7.19. The highest BCUT2D eigenvalue weighted by Gasteiger charge is 2.22. The fourth-order valence-corrected chi connectivity index (χ4v) is 4.76. The van der Waals surface area contributed by atoms with E-state index in [1.54, 1.807) is 6.08 Å². The molecular formula is C25H20Br2N2. The molecule has 3 aromatic carbocycles. The largest absolute Gasteiger partial charge is 0.264 e. The van der Waals surface area contributed by atoms with Crippen molar-refractivity contribution in [3.8, 4) is 6.07 Å². The number of benzene rings is 3. The molecule has 3 aromatic rings. The van der Waals surface area contributed by atoms with Gasteiger partial charge in [0.25, 0.3) is 0 Å². The van der Waals surface area contributed by atoms with Gasteiger partial charge in [0.05, 0.1) is 17.7 Å². The van der Waals surface area contributed by atoms with Gasteiger partial charge in [0, 0.05) is 20.4 Å². The number of aliphatic imine (C=N–C) groups is 1. The van der Waals surface area contributed by atoms with E-state index in [0.717, 1.165) is 31.2 Å². The summed E-state index contributed by atoms with van der Waals surface area (Å²) in [4.78, 5) is 4.30. The monoisotopic (exact) mass is 506 g/mol. The summed E-state index contributed by atoms with van der Waals surface area (Å²) in [5.41, 5.74) is 2.77. The summed E-state index contributed by atoms with van der Waals surface area (Å²) in [6.45, 7) is 7.62. The van der Waals surface area contributed by atoms with Crippen molar-refractivity contribution in [1.82, 2.24) is 0 Å². The van der Waals surface area contributed by atoms with Crippen LogP contribution in [0.2, 0.25) is 0 Å². The predicted octanol–water partition coefficient (Wildman–Crippen LogP) is 7.91. The Morgan fingerprint density at radius 2 is 1.72 bits per heavy atom. The van der Waals surface area contributed by atoms with Crippen LogP contribution >= 0.6 is 31.9 Å². The molecule has 0 bridgehead atoms. The average molecular weight is 508 g/mol. The first-order valence-corrected chi connectivity index (χ1v) is 10.8. The van der Waals surface area contributed by atoms with Crippen LogP contribution < -0.4 is 0 Å². The number of fused-ring (bicyclic) bond motifs is 1. The quantitative estimate of drug-likeness (QED) is 0.236. The third-order valence-electron chi connectivity index (χ3n) is 4.84. The molecule has 0 spiro atoms. The van der Waals surface area contributed by atoms with E-state index in [0.29, 0.717) is 6.42 Å². The Labute approximate surface area is 188 Å². The zero-order valence-electron chi connectivity index (χ0n) is 15.9. The van der Waals surface area contributed by atoms with Crippen molar-refractivity contribution < 1.29 is 0 Å². The molecule has 0 fully saturated rings. The molecule has 144 valence electrons. The van der Waals surface area contributed by atoms with Gasteiger partial charge < -0.3 is 0 Å². The van der Waals surface area contributed by atoms with Gasteiger partial charge in [-0.05, 0) is 59.8 Å². The summed E-state index contributed by atoms with van der Waals surface area (Å²) in [6, 6.07) is 23.0. The minimum Gasteiger partial charge on any atom is -0.264 e. The van der Waals surface area contributed by atoms with E-state index < -0.39 is 0 Å². The van der Waals surface area contributed by atoms with Gasteiger partial charge in [-0.3, -0.25) is 4.99 Å². The number of rotatable bonds is 7. The van der Waals surface area contributed by atoms with Crippen molar-refractivity contribution >= 4 is 55.0 Å². The lowest BCUT2D eigenvalue weighted by Crippen LogP contribution is -2.09. The van der Waals surface area contributed by atoms with Crippen molar-refractivity contribution in [2.75, 3.05) is 0 Å². The molecule has 2 atom stereocenters. The Morgan fingerprint density at radius 1 is 1.03 bits per heavy atom. The minimum absolute atomic E-state index is 0.154. The summed E-state index contributed by atoms with van der Waals surface area (Å²) in [7, 11) is 0. The van der Waals surface area contributed by atoms with Crippen molar-refractivity contribution in [1.29, 1.82) is 5.26 Å². The van der Waals surface area contributed by atoms with Crippen molar-refractivity contribution in [3.05, 3.63) is 99.5 Å². The Morgan fingerprint density at radius 3 is 2.34 bits per heavy atom. The lowest BCUT2D eigenvalue weighted by molar-refractivity contribution is 0.605. The highest BCUT2D eigenvalue weighted by molar-refractivity contribution is 9.11. The Hall–Kier alpha value is -2.48. The molecule has 4 heteroatoms. The van der Waals surface area contributed by atoms with Gasteiger partial charge in [0.15, 0.2) is 0 Å². The molecule has 1 unspecified atom stereocenters. The number of nitriles is 1. The fourth-order valence-electron chi connectivity index (χ4n) is 3.43. The highest BCUT2D eigenvalue weighted by Crippen LogP contribution is 2.35. The molecule has 0 radical (unpaired) electrons. The van der Waals surface area contributed by atoms with Crippen LogP contribution in [-0.4, -0.2) is 6.72 Å². The summed E-state index contributed by atoms with van der Waals surface area (Å²) >= 11 is 7.11. The first-order chi connectivity index (χ1) is 14.0. The van der Waals surface area contributed by atoms with E-state index in [4.69, 9.17) is 0 Å². The molecule has 0 amide bonds. The molecule has 0 heterocycles. The maximum absolute atomic E-state index is 9.83. The predicted molar refractivity (Wildman–Crippen MR) is 130 cm³/mol. The molecule has 0 aliphatic carbocycles. The third-order valence-corrected chi connectivity index (χ3v) is 5.76. The van der Waals surface area contributed by atoms with Crippen molar-refractivity contribution in [2.24, 2.45) is 10.9 Å². The second-order valence-electron chi connectivity index (χ2n) is 6.76. The molecule has 3 rings (SSSR count). The Balaban J connectivity index is 2.13. The van der Waals surface area contributed by atoms with Crippen LogP contribution in [0.3, 0.4) is 0 Å². The van der Waals surface area contributed by atoms with Crippen LogP contribution in [0, 0.1) is 17.2 Å². The second-order valence-corrected chi connectivity index (χ2v) is 8.59. The maximum Gasteiger partial charge on any atom is 0.0668 e. The summed E-state index contributed by atoms with van der Waals surface area (Å²) in [5, 5.41) is 12.1. The van der Waals surface area contributed by atoms with Crippen LogP contribution in [0.5, 0.6) is 0 Å². The topological polar surface area (TPSA) is 36.1 Å². The lowest BCUT2D eigenvalue weighted by atomic mass is 9.83. The van der Waals surface area contributed by atoms with Gasteiger partial charge in [0.1, 0.15) is 0 Å². The third kappa shape index (κ3) is 5.12. The van der Waals surface area contributed by atoms with Gasteiger partial charge in [-0.2, -0.15) is 5.26 Å². The molecule has 0 aliphatic heterocycles. The van der Waals surface area contributed by atoms with Gasteiger partial charge in [0.2, 0.25) is 0 Å². The molecule has 0 saturated heterocycles. The Bertz CT molecular complexity index is 1100. The van der Waals surface area contributed by atoms with Crippen LogP contribution in [0.25, 0.3) is 16.5 Å². The van der Waals surface area contributed by atoms with Gasteiger partial charge in [-0.1, -0.05) is 74.3 Å². The summed E-state index contributed by atoms with van der Waals surface area (Å²) < 4.78 is 1.91. The number of nitrogens with zero attached hydrogens (tertiary/aromatic N) is 2. The van der Waals surface area contributed by atoms with Crippen LogP contribution in [0.1, 0.15) is 23.5 Å². The van der Waals surface area contributed by atoms with E-state index in [1.165, 1.54) is 5.39 Å². The van der Waals surface area contributed by atoms with Crippen LogP contribution in [0.15, 0.2) is 93.3 Å². The van der Waals surface area contributed by atoms with E-state index in [2.05, 4.69) is 80.5 Å². The van der Waals surface area contributed by atoms with Gasteiger partial charge >= 0.3 is 0 Å². The smallest absolute Gasteiger partial charge is 0.0668 e. The number of halogens is 2. The van der Waals surface area contributed by atoms with E-state index in [-0.39, 0.29) is 11.8 Å². The maximum atomic E-state index is 9.83. The van der Waals surface area contributed by atoms with E-state index >= 15 is 0 Å². The highest BCUT2D eigenvalue weighted by atomic mass is 79.9. The van der Waals surface area contributed by atoms with Crippen LogP contribution in [0.4, 0.5) is 0 Å². The van der Waals surface area contributed by atoms with Crippen molar-refractivity contribution in [2.45, 2.75) is 12.3 Å². The normalized spacial score (nSPS) is 13.5. The standard InChI is InChI=1S/C25H20Br2N2/c1-3-6-20(16-28)24(21-12-22(26)14-23(27)13-21)15-25(29-2)19-10-9-17-7-4-5-8-18(17)11-19/h3-5,7-15,20,24H,1-2,6H2/b25-15-/t20?,24-/m1/s1. The average Bonchev–Trinajstić information content (AvgIpc) is 2.72. The molecule has 0 aliphatic rings. The summed E-state index contributed by atoms with van der Waals surface area (Å²) in [6.07, 6.45) is 4.42. The van der Waals surface area contributed by atoms with E-state index in [9.17, 15) is 5.26 Å². The fraction of sp³-hybridized carbons (Fsp3) is 0.120. The lowest BCUT2D eigenvalue weighted by Gasteiger charge is -2.20. The molecule has 0 saturated carbocycles. The molecule has 2 nitrogen and oxygen atoms in total. The van der Waals surface area contributed by atoms with Gasteiger partial charge in [-0.15, -0.1) is 6.58 Å². The SMILES string of the molecule is C=CCC(C#N)[C@@H](/C=C(\N=C)c1ccc2ccccc2c1)c1cc(Br)cc(Br)c1. The number of allylic oxidation sites excluding steroid dienone is 2. The minimum atomic E-state index is -0.258. The van der Waals surface area contributed by atoms with Crippen LogP contribution in [-0.2, 0) is 0 Å². The zero-order valence-corrected chi connectivity index (χ0v) is 19.0.